The van der Waals surface area contributed by atoms with Crippen molar-refractivity contribution in [2.75, 3.05) is 40.8 Å². The molecular formula is C7H20N2O4P+. The van der Waals surface area contributed by atoms with Gasteiger partial charge in [0.05, 0.1) is 21.1 Å². The van der Waals surface area contributed by atoms with E-state index in [-0.39, 0.29) is 13.2 Å². The van der Waals surface area contributed by atoms with Crippen LogP contribution in [0.2, 0.25) is 0 Å². The van der Waals surface area contributed by atoms with Gasteiger partial charge >= 0.3 is 7.60 Å². The van der Waals surface area contributed by atoms with Crippen LogP contribution in [-0.4, -0.2) is 61.2 Å². The smallest absolute Gasteiger partial charge is 0.357 e. The Labute approximate surface area is 84.4 Å². The third kappa shape index (κ3) is 5.70. The molecule has 0 aromatic carbocycles. The van der Waals surface area contributed by atoms with Gasteiger partial charge in [-0.1, -0.05) is 0 Å². The molecule has 6 nitrogen and oxygen atoms in total. The predicted molar refractivity (Wildman–Crippen MR) is 53.7 cm³/mol. The largest absolute Gasteiger partial charge is 0.379 e. The standard InChI is InChI=1S/C7H19N2O4P/c1-9(2,3)4-5-13-14(11,12)7(10)6-8/h7,10H,4-6,8H2,1-3H3/p+1. The Kier molecular flexibility index (Phi) is 5.22. The summed E-state index contributed by atoms with van der Waals surface area (Å²) in [5, 5.41) is 9.05. The van der Waals surface area contributed by atoms with Gasteiger partial charge in [0.25, 0.3) is 0 Å². The molecule has 0 fully saturated rings. The summed E-state index contributed by atoms with van der Waals surface area (Å²) < 4.78 is 16.6. The Bertz CT molecular complexity index is 216. The van der Waals surface area contributed by atoms with Crippen molar-refractivity contribution in [2.45, 2.75) is 5.85 Å². The van der Waals surface area contributed by atoms with Crippen LogP contribution in [0.1, 0.15) is 0 Å². The SMILES string of the molecule is C[N+](C)(C)CCOP(=O)(O)C(O)CN. The normalized spacial score (nSPS) is 19.0. The molecule has 0 aliphatic rings. The van der Waals surface area contributed by atoms with Gasteiger partial charge in [-0.25, -0.2) is 0 Å². The molecule has 0 aromatic rings. The summed E-state index contributed by atoms with van der Waals surface area (Å²) in [7, 11) is 1.86. The summed E-state index contributed by atoms with van der Waals surface area (Å²) in [6, 6.07) is 0. The Balaban J connectivity index is 3.95. The Morgan fingerprint density at radius 3 is 2.36 bits per heavy atom. The lowest BCUT2D eigenvalue weighted by atomic mass is 10.5. The molecule has 2 unspecified atom stereocenters. The highest BCUT2D eigenvalue weighted by Gasteiger charge is 2.29. The van der Waals surface area contributed by atoms with Crippen LogP contribution in [0.3, 0.4) is 0 Å². The fourth-order valence-corrected chi connectivity index (χ4v) is 1.45. The number of aliphatic hydroxyl groups is 1. The van der Waals surface area contributed by atoms with Crippen LogP contribution in [0.5, 0.6) is 0 Å². The number of aliphatic hydroxyl groups excluding tert-OH is 1. The van der Waals surface area contributed by atoms with Gasteiger partial charge in [-0.05, 0) is 0 Å². The van der Waals surface area contributed by atoms with Crippen LogP contribution in [-0.2, 0) is 9.09 Å². The first-order chi connectivity index (χ1) is 6.19. The lowest BCUT2D eigenvalue weighted by Gasteiger charge is -2.24. The maximum atomic E-state index is 11.2. The number of nitrogens with two attached hydrogens (primary N) is 1. The van der Waals surface area contributed by atoms with Gasteiger partial charge < -0.3 is 24.7 Å². The Morgan fingerprint density at radius 2 is 2.00 bits per heavy atom. The summed E-state index contributed by atoms with van der Waals surface area (Å²) in [5.74, 6) is -1.49. The molecule has 0 radical (unpaired) electrons. The third-order valence-corrected chi connectivity index (χ3v) is 3.14. The van der Waals surface area contributed by atoms with E-state index in [1.165, 1.54) is 0 Å². The highest BCUT2D eigenvalue weighted by atomic mass is 31.2. The molecule has 0 bridgehead atoms. The predicted octanol–water partition coefficient (Wildman–Crippen LogP) is -0.828. The molecule has 0 saturated carbocycles. The van der Waals surface area contributed by atoms with E-state index in [1.54, 1.807) is 0 Å². The second-order valence-electron chi connectivity index (χ2n) is 4.13. The first kappa shape index (κ1) is 14.0. The molecular weight excluding hydrogens is 207 g/mol. The van der Waals surface area contributed by atoms with Crippen molar-refractivity contribution in [3.63, 3.8) is 0 Å². The first-order valence-electron chi connectivity index (χ1n) is 4.34. The molecule has 7 heteroatoms. The van der Waals surface area contributed by atoms with Gasteiger partial charge in [0.1, 0.15) is 13.2 Å². The van der Waals surface area contributed by atoms with Crippen LogP contribution in [0.25, 0.3) is 0 Å². The quantitative estimate of drug-likeness (QED) is 0.407. The monoisotopic (exact) mass is 227 g/mol. The van der Waals surface area contributed by atoms with Gasteiger partial charge in [0.2, 0.25) is 0 Å². The molecule has 0 aliphatic heterocycles. The van der Waals surface area contributed by atoms with Crippen LogP contribution in [0.4, 0.5) is 0 Å². The molecule has 0 saturated heterocycles. The molecule has 0 spiro atoms. The molecule has 14 heavy (non-hydrogen) atoms. The van der Waals surface area contributed by atoms with E-state index in [1.807, 2.05) is 21.1 Å². The number of hydrogen-bond acceptors (Lipinski definition) is 4. The van der Waals surface area contributed by atoms with E-state index in [9.17, 15) is 9.46 Å². The number of nitrogens with zero attached hydrogens (tertiary/aromatic N) is 1. The second kappa shape index (κ2) is 5.21. The molecule has 2 atom stereocenters. The Morgan fingerprint density at radius 1 is 1.50 bits per heavy atom. The lowest BCUT2D eigenvalue weighted by Crippen LogP contribution is -2.37. The van der Waals surface area contributed by atoms with E-state index >= 15 is 0 Å². The Hall–Kier alpha value is 0.0300. The molecule has 0 heterocycles. The number of likely N-dealkylation sites (N-methyl/N-ethyl adjacent to an activating group) is 1. The fraction of sp³-hybridized carbons (Fsp3) is 1.00. The zero-order valence-corrected chi connectivity index (χ0v) is 9.78. The van der Waals surface area contributed by atoms with Crippen molar-refractivity contribution in [2.24, 2.45) is 5.73 Å². The maximum Gasteiger partial charge on any atom is 0.357 e. The van der Waals surface area contributed by atoms with Crippen LogP contribution >= 0.6 is 7.60 Å². The van der Waals surface area contributed by atoms with Crippen LogP contribution in [0.15, 0.2) is 0 Å². The average Bonchev–Trinajstić information content (AvgIpc) is 2.00. The zero-order valence-electron chi connectivity index (χ0n) is 8.88. The summed E-state index contributed by atoms with van der Waals surface area (Å²) in [6.07, 6.45) is 0. The van der Waals surface area contributed by atoms with Crippen molar-refractivity contribution >= 4 is 7.60 Å². The van der Waals surface area contributed by atoms with Crippen LogP contribution < -0.4 is 5.73 Å². The van der Waals surface area contributed by atoms with Gasteiger partial charge in [-0.15, -0.1) is 0 Å². The third-order valence-electron chi connectivity index (χ3n) is 1.63. The van der Waals surface area contributed by atoms with E-state index in [0.29, 0.717) is 11.0 Å². The van der Waals surface area contributed by atoms with Crippen molar-refractivity contribution in [1.29, 1.82) is 0 Å². The van der Waals surface area contributed by atoms with Crippen molar-refractivity contribution < 1.29 is 23.6 Å². The number of rotatable bonds is 6. The molecule has 4 N–H and O–H groups in total. The molecule has 0 amide bonds. The van der Waals surface area contributed by atoms with Crippen molar-refractivity contribution in [3.05, 3.63) is 0 Å². The molecule has 0 rings (SSSR count). The van der Waals surface area contributed by atoms with Crippen LogP contribution in [0, 0.1) is 0 Å². The summed E-state index contributed by atoms with van der Waals surface area (Å²) in [6.45, 7) is 0.425. The van der Waals surface area contributed by atoms with Gasteiger partial charge in [-0.3, -0.25) is 4.57 Å². The zero-order chi connectivity index (χ0) is 11.4. The fourth-order valence-electron chi connectivity index (χ4n) is 0.665. The molecule has 86 valence electrons. The van der Waals surface area contributed by atoms with E-state index in [4.69, 9.17) is 15.4 Å². The highest BCUT2D eigenvalue weighted by molar-refractivity contribution is 7.53. The second-order valence-corrected chi connectivity index (χ2v) is 6.11. The minimum Gasteiger partial charge on any atom is -0.379 e. The minimum atomic E-state index is -3.95. The van der Waals surface area contributed by atoms with E-state index in [2.05, 4.69) is 0 Å². The molecule has 0 aliphatic carbocycles. The average molecular weight is 227 g/mol. The highest BCUT2D eigenvalue weighted by Crippen LogP contribution is 2.45. The van der Waals surface area contributed by atoms with Crippen molar-refractivity contribution in [3.8, 4) is 0 Å². The van der Waals surface area contributed by atoms with Gasteiger partial charge in [0, 0.05) is 6.54 Å². The first-order valence-corrected chi connectivity index (χ1v) is 5.99. The summed E-state index contributed by atoms with van der Waals surface area (Å²) >= 11 is 0. The van der Waals surface area contributed by atoms with Gasteiger partial charge in [-0.2, -0.15) is 0 Å². The van der Waals surface area contributed by atoms with Gasteiger partial charge in [0.15, 0.2) is 5.85 Å². The van der Waals surface area contributed by atoms with E-state index in [0.717, 1.165) is 0 Å². The topological polar surface area (TPSA) is 92.8 Å². The summed E-state index contributed by atoms with van der Waals surface area (Å²) in [5.41, 5.74) is 5.05. The van der Waals surface area contributed by atoms with E-state index < -0.39 is 13.4 Å². The summed E-state index contributed by atoms with van der Waals surface area (Å²) in [4.78, 5) is 9.18. The number of quaternary nitrogens is 1. The number of hydrogen-bond donors (Lipinski definition) is 3. The van der Waals surface area contributed by atoms with Crippen molar-refractivity contribution in [1.82, 2.24) is 0 Å². The lowest BCUT2D eigenvalue weighted by molar-refractivity contribution is -0.870. The minimum absolute atomic E-state index is 0.119. The molecule has 0 aromatic heterocycles. The maximum absolute atomic E-state index is 11.2.